The van der Waals surface area contributed by atoms with Gasteiger partial charge in [0.2, 0.25) is 0 Å². The van der Waals surface area contributed by atoms with Crippen LogP contribution in [0.15, 0.2) is 47.2 Å². The summed E-state index contributed by atoms with van der Waals surface area (Å²) in [5.74, 6) is 0.300. The average molecular weight is 260 g/mol. The van der Waals surface area contributed by atoms with Gasteiger partial charge in [0.25, 0.3) is 0 Å². The molecule has 0 amide bonds. The molecule has 0 N–H and O–H groups in total. The fourth-order valence-corrected chi connectivity index (χ4v) is 2.97. The summed E-state index contributed by atoms with van der Waals surface area (Å²) in [5, 5.41) is 5.06. The molecule has 2 nitrogen and oxygen atoms in total. The number of fused-ring (bicyclic) bond motifs is 1. The van der Waals surface area contributed by atoms with Gasteiger partial charge in [0, 0.05) is 4.70 Å². The first-order chi connectivity index (χ1) is 8.33. The molecule has 0 spiro atoms. The largest absolute Gasteiger partial charge is 0.422 e. The van der Waals surface area contributed by atoms with Gasteiger partial charge in [-0.2, -0.15) is 0 Å². The summed E-state index contributed by atoms with van der Waals surface area (Å²) in [4.78, 5) is 12.4. The van der Waals surface area contributed by atoms with E-state index in [1.807, 2.05) is 41.1 Å². The maximum atomic E-state index is 11.7. The molecule has 3 aromatic rings. The van der Waals surface area contributed by atoms with Crippen LogP contribution in [0, 0.1) is 0 Å². The predicted molar refractivity (Wildman–Crippen MR) is 71.1 cm³/mol. The van der Waals surface area contributed by atoms with Crippen LogP contribution in [0.1, 0.15) is 9.67 Å². The Kier molecular flexibility index (Phi) is 2.66. The highest BCUT2D eigenvalue weighted by Gasteiger charge is 2.09. The summed E-state index contributed by atoms with van der Waals surface area (Å²) in [6.45, 7) is 0. The molecule has 84 valence electrons. The lowest BCUT2D eigenvalue weighted by atomic mass is 10.2. The van der Waals surface area contributed by atoms with E-state index in [9.17, 15) is 4.79 Å². The Morgan fingerprint density at radius 1 is 1.06 bits per heavy atom. The summed E-state index contributed by atoms with van der Waals surface area (Å²) in [6, 6.07) is 11.3. The summed E-state index contributed by atoms with van der Waals surface area (Å²) in [5.41, 5.74) is 0. The zero-order valence-electron chi connectivity index (χ0n) is 8.75. The fourth-order valence-electron chi connectivity index (χ4n) is 1.55. The van der Waals surface area contributed by atoms with Gasteiger partial charge in [0.1, 0.15) is 10.6 Å². The third-order valence-electron chi connectivity index (χ3n) is 2.36. The third kappa shape index (κ3) is 2.09. The number of rotatable bonds is 2. The molecule has 0 unspecified atom stereocenters. The molecule has 1 aromatic carbocycles. The number of thiophene rings is 2. The fraction of sp³-hybridized carbons (Fsp3) is 0. The van der Waals surface area contributed by atoms with E-state index in [1.165, 1.54) is 16.7 Å². The highest BCUT2D eigenvalue weighted by Crippen LogP contribution is 2.26. The minimum Gasteiger partial charge on any atom is -0.422 e. The van der Waals surface area contributed by atoms with Crippen LogP contribution in [-0.4, -0.2) is 5.97 Å². The van der Waals surface area contributed by atoms with Crippen LogP contribution in [0.4, 0.5) is 0 Å². The van der Waals surface area contributed by atoms with Crippen LogP contribution >= 0.6 is 22.7 Å². The lowest BCUT2D eigenvalue weighted by molar-refractivity contribution is 0.0740. The molecule has 0 saturated carbocycles. The number of carbonyl (C=O) groups excluding carboxylic acids is 1. The first-order valence-electron chi connectivity index (χ1n) is 5.06. The number of ether oxygens (including phenoxy) is 1. The Hall–Kier alpha value is -1.65. The second-order valence-electron chi connectivity index (χ2n) is 3.49. The SMILES string of the molecule is O=C(Oc1ccc2ccsc2c1)c1cccs1. The Labute approximate surface area is 106 Å². The van der Waals surface area contributed by atoms with Crippen LogP contribution in [0.2, 0.25) is 0 Å². The Balaban J connectivity index is 1.87. The zero-order valence-corrected chi connectivity index (χ0v) is 10.4. The van der Waals surface area contributed by atoms with Crippen LogP contribution < -0.4 is 4.74 Å². The van der Waals surface area contributed by atoms with Crippen molar-refractivity contribution in [2.45, 2.75) is 0 Å². The van der Waals surface area contributed by atoms with Crippen LogP contribution in [0.25, 0.3) is 10.1 Å². The van der Waals surface area contributed by atoms with E-state index in [1.54, 1.807) is 17.4 Å². The van der Waals surface area contributed by atoms with E-state index in [0.29, 0.717) is 10.6 Å². The lowest BCUT2D eigenvalue weighted by Gasteiger charge is -2.02. The van der Waals surface area contributed by atoms with Crippen molar-refractivity contribution >= 4 is 38.7 Å². The molecule has 0 saturated heterocycles. The van der Waals surface area contributed by atoms with E-state index in [0.717, 1.165) is 4.70 Å². The van der Waals surface area contributed by atoms with Gasteiger partial charge < -0.3 is 4.74 Å². The van der Waals surface area contributed by atoms with Gasteiger partial charge in [-0.25, -0.2) is 4.79 Å². The van der Waals surface area contributed by atoms with E-state index in [2.05, 4.69) is 0 Å². The zero-order chi connectivity index (χ0) is 11.7. The highest BCUT2D eigenvalue weighted by atomic mass is 32.1. The number of esters is 1. The highest BCUT2D eigenvalue weighted by molar-refractivity contribution is 7.17. The second-order valence-corrected chi connectivity index (χ2v) is 5.38. The van der Waals surface area contributed by atoms with Crippen molar-refractivity contribution in [3.63, 3.8) is 0 Å². The molecule has 2 heterocycles. The molecule has 0 fully saturated rings. The Morgan fingerprint density at radius 2 is 2.00 bits per heavy atom. The van der Waals surface area contributed by atoms with E-state index < -0.39 is 0 Å². The minimum atomic E-state index is -0.295. The quantitative estimate of drug-likeness (QED) is 0.510. The Morgan fingerprint density at radius 3 is 2.82 bits per heavy atom. The number of hydrogen-bond donors (Lipinski definition) is 0. The topological polar surface area (TPSA) is 26.3 Å². The second kappa shape index (κ2) is 4.31. The van der Waals surface area contributed by atoms with Crippen molar-refractivity contribution < 1.29 is 9.53 Å². The molecule has 0 aliphatic carbocycles. The molecule has 0 radical (unpaired) electrons. The average Bonchev–Trinajstić information content (AvgIpc) is 2.99. The van der Waals surface area contributed by atoms with Gasteiger partial charge in [-0.3, -0.25) is 0 Å². The molecule has 4 heteroatoms. The summed E-state index contributed by atoms with van der Waals surface area (Å²) < 4.78 is 6.44. The van der Waals surface area contributed by atoms with E-state index in [4.69, 9.17) is 4.74 Å². The van der Waals surface area contributed by atoms with E-state index in [-0.39, 0.29) is 5.97 Å². The predicted octanol–water partition coefficient (Wildman–Crippen LogP) is 4.18. The summed E-state index contributed by atoms with van der Waals surface area (Å²) >= 11 is 3.02. The molecule has 2 aromatic heterocycles. The normalized spacial score (nSPS) is 10.6. The van der Waals surface area contributed by atoms with Crippen molar-refractivity contribution in [2.24, 2.45) is 0 Å². The van der Waals surface area contributed by atoms with Crippen molar-refractivity contribution in [1.29, 1.82) is 0 Å². The van der Waals surface area contributed by atoms with Gasteiger partial charge in [-0.1, -0.05) is 6.07 Å². The maximum Gasteiger partial charge on any atom is 0.353 e. The van der Waals surface area contributed by atoms with Gasteiger partial charge >= 0.3 is 5.97 Å². The minimum absolute atomic E-state index is 0.295. The van der Waals surface area contributed by atoms with Gasteiger partial charge in [-0.05, 0) is 46.5 Å². The molecule has 3 rings (SSSR count). The first-order valence-corrected chi connectivity index (χ1v) is 6.82. The number of benzene rings is 1. The van der Waals surface area contributed by atoms with Gasteiger partial charge in [-0.15, -0.1) is 22.7 Å². The number of carbonyl (C=O) groups is 1. The third-order valence-corrected chi connectivity index (χ3v) is 4.09. The number of hydrogen-bond acceptors (Lipinski definition) is 4. The molecule has 0 atom stereocenters. The summed E-state index contributed by atoms with van der Waals surface area (Å²) in [7, 11) is 0. The standard InChI is InChI=1S/C13H8O2S2/c14-13(11-2-1-6-16-11)15-10-4-3-9-5-7-17-12(9)8-10/h1-8H. The maximum absolute atomic E-state index is 11.7. The lowest BCUT2D eigenvalue weighted by Crippen LogP contribution is -2.05. The van der Waals surface area contributed by atoms with Crippen LogP contribution in [0.5, 0.6) is 5.75 Å². The van der Waals surface area contributed by atoms with Gasteiger partial charge in [0.15, 0.2) is 0 Å². The molecule has 0 aliphatic rings. The molecule has 0 bridgehead atoms. The van der Waals surface area contributed by atoms with Crippen molar-refractivity contribution in [2.75, 3.05) is 0 Å². The Bertz CT molecular complexity index is 653. The molecule has 17 heavy (non-hydrogen) atoms. The van der Waals surface area contributed by atoms with Crippen LogP contribution in [0.3, 0.4) is 0 Å². The van der Waals surface area contributed by atoms with Crippen molar-refractivity contribution in [1.82, 2.24) is 0 Å². The molecular weight excluding hydrogens is 252 g/mol. The van der Waals surface area contributed by atoms with Gasteiger partial charge in [0.05, 0.1) is 0 Å². The molecular formula is C13H8O2S2. The van der Waals surface area contributed by atoms with Crippen molar-refractivity contribution in [3.8, 4) is 5.75 Å². The smallest absolute Gasteiger partial charge is 0.353 e. The first kappa shape index (κ1) is 10.5. The van der Waals surface area contributed by atoms with E-state index >= 15 is 0 Å². The summed E-state index contributed by atoms with van der Waals surface area (Å²) in [6.07, 6.45) is 0. The van der Waals surface area contributed by atoms with Crippen LogP contribution in [-0.2, 0) is 0 Å². The molecule has 0 aliphatic heterocycles. The monoisotopic (exact) mass is 260 g/mol. The van der Waals surface area contributed by atoms with Crippen molar-refractivity contribution in [3.05, 3.63) is 52.0 Å².